The number of halogens is 3. The predicted molar refractivity (Wildman–Crippen MR) is 144 cm³/mol. The first-order valence-corrected chi connectivity index (χ1v) is 13.0. The molecule has 39 heavy (non-hydrogen) atoms. The number of hydrogen-bond donors (Lipinski definition) is 2. The Morgan fingerprint density at radius 2 is 1.97 bits per heavy atom. The molecule has 202 valence electrons. The SMILES string of the molecule is COC1(C(F)(F)F)C=CC(c2ccccc2)=C(C(=O)Nc2ccc3c(c2)CCN3C(=O)Cc2csc(N)n2)C1. The molecule has 2 amide bonds. The van der Waals surface area contributed by atoms with Gasteiger partial charge in [0, 0.05) is 42.4 Å². The molecule has 2 heterocycles. The van der Waals surface area contributed by atoms with E-state index in [1.807, 2.05) is 0 Å². The molecule has 11 heteroatoms. The minimum absolute atomic E-state index is 0.0392. The number of nitrogens with zero attached hydrogens (tertiary/aromatic N) is 2. The molecule has 1 aromatic heterocycles. The number of allylic oxidation sites excluding steroid dienone is 2. The highest BCUT2D eigenvalue weighted by Gasteiger charge is 2.56. The highest BCUT2D eigenvalue weighted by Crippen LogP contribution is 2.44. The first-order valence-electron chi connectivity index (χ1n) is 12.1. The Kier molecular flexibility index (Phi) is 7.04. The van der Waals surface area contributed by atoms with E-state index in [0.29, 0.717) is 40.6 Å². The fraction of sp³-hybridized carbons (Fsp3) is 0.250. The zero-order valence-corrected chi connectivity index (χ0v) is 21.7. The van der Waals surface area contributed by atoms with Gasteiger partial charge in [-0.2, -0.15) is 13.2 Å². The molecule has 0 saturated carbocycles. The van der Waals surface area contributed by atoms with Crippen molar-refractivity contribution in [2.24, 2.45) is 0 Å². The van der Waals surface area contributed by atoms with E-state index in [2.05, 4.69) is 10.3 Å². The summed E-state index contributed by atoms with van der Waals surface area (Å²) >= 11 is 1.27. The smallest absolute Gasteiger partial charge is 0.375 e. The number of nitrogens with one attached hydrogen (secondary N) is 1. The molecule has 0 saturated heterocycles. The molecule has 1 aliphatic carbocycles. The van der Waals surface area contributed by atoms with E-state index in [1.165, 1.54) is 17.4 Å². The second-order valence-corrected chi connectivity index (χ2v) is 10.2. The van der Waals surface area contributed by atoms with Gasteiger partial charge in [0.05, 0.1) is 12.1 Å². The van der Waals surface area contributed by atoms with Crippen LogP contribution >= 0.6 is 11.3 Å². The van der Waals surface area contributed by atoms with E-state index in [-0.39, 0.29) is 17.9 Å². The van der Waals surface area contributed by atoms with Gasteiger partial charge in [-0.05, 0) is 47.4 Å². The number of thiazole rings is 1. The lowest BCUT2D eigenvalue weighted by molar-refractivity contribution is -0.248. The zero-order valence-electron chi connectivity index (χ0n) is 20.9. The van der Waals surface area contributed by atoms with Gasteiger partial charge < -0.3 is 20.7 Å². The van der Waals surface area contributed by atoms with Crippen molar-refractivity contribution in [3.8, 4) is 0 Å². The highest BCUT2D eigenvalue weighted by atomic mass is 32.1. The lowest BCUT2D eigenvalue weighted by Crippen LogP contribution is -2.47. The van der Waals surface area contributed by atoms with Gasteiger partial charge >= 0.3 is 6.18 Å². The number of alkyl halides is 3. The number of nitrogens with two attached hydrogens (primary N) is 1. The summed E-state index contributed by atoms with van der Waals surface area (Å²) in [5, 5.41) is 4.91. The van der Waals surface area contributed by atoms with Crippen LogP contribution in [0.5, 0.6) is 0 Å². The Morgan fingerprint density at radius 1 is 1.21 bits per heavy atom. The fourth-order valence-corrected chi connectivity index (χ4v) is 5.44. The highest BCUT2D eigenvalue weighted by molar-refractivity contribution is 7.13. The number of fused-ring (bicyclic) bond motifs is 1. The van der Waals surface area contributed by atoms with Crippen LogP contribution in [-0.2, 0) is 27.2 Å². The molecule has 2 aromatic carbocycles. The Morgan fingerprint density at radius 3 is 2.64 bits per heavy atom. The van der Waals surface area contributed by atoms with Gasteiger partial charge in [0.25, 0.3) is 5.91 Å². The van der Waals surface area contributed by atoms with Crippen molar-refractivity contribution >= 4 is 45.2 Å². The second-order valence-electron chi connectivity index (χ2n) is 9.31. The number of anilines is 3. The minimum Gasteiger partial charge on any atom is -0.375 e. The van der Waals surface area contributed by atoms with Gasteiger partial charge in [0.15, 0.2) is 10.7 Å². The van der Waals surface area contributed by atoms with Crippen molar-refractivity contribution in [3.63, 3.8) is 0 Å². The number of carbonyl (C=O) groups is 2. The number of benzene rings is 2. The van der Waals surface area contributed by atoms with Crippen molar-refractivity contribution in [3.05, 3.63) is 88.5 Å². The normalized spacial score (nSPS) is 18.8. The number of nitrogen functional groups attached to an aromatic ring is 1. The lowest BCUT2D eigenvalue weighted by atomic mass is 9.82. The van der Waals surface area contributed by atoms with Gasteiger partial charge in [-0.1, -0.05) is 36.4 Å². The van der Waals surface area contributed by atoms with Crippen LogP contribution in [0.2, 0.25) is 0 Å². The number of aromatic nitrogens is 1. The fourth-order valence-electron chi connectivity index (χ4n) is 4.88. The van der Waals surface area contributed by atoms with Crippen LogP contribution in [0.15, 0.2) is 71.6 Å². The molecule has 1 unspecified atom stereocenters. The van der Waals surface area contributed by atoms with Gasteiger partial charge in [-0.3, -0.25) is 9.59 Å². The first kappa shape index (κ1) is 26.6. The number of rotatable bonds is 6. The molecule has 0 bridgehead atoms. The number of carbonyl (C=O) groups excluding carboxylic acids is 2. The van der Waals surface area contributed by atoms with Crippen LogP contribution in [0.4, 0.5) is 29.7 Å². The van der Waals surface area contributed by atoms with Gasteiger partial charge in [0.2, 0.25) is 5.91 Å². The molecule has 3 N–H and O–H groups in total. The Labute approximate surface area is 226 Å². The van der Waals surface area contributed by atoms with Crippen LogP contribution in [-0.4, -0.2) is 42.2 Å². The maximum atomic E-state index is 14.0. The third-order valence-electron chi connectivity index (χ3n) is 6.92. The molecule has 0 fully saturated rings. The first-order chi connectivity index (χ1) is 18.6. The number of methoxy groups -OCH3 is 1. The number of hydrogen-bond acceptors (Lipinski definition) is 6. The van der Waals surface area contributed by atoms with E-state index in [9.17, 15) is 22.8 Å². The Balaban J connectivity index is 1.39. The molecule has 1 atom stereocenters. The summed E-state index contributed by atoms with van der Waals surface area (Å²) in [5.41, 5.74) is 6.62. The summed E-state index contributed by atoms with van der Waals surface area (Å²) in [4.78, 5) is 32.1. The molecule has 2 aliphatic rings. The molecule has 7 nitrogen and oxygen atoms in total. The van der Waals surface area contributed by atoms with E-state index < -0.39 is 24.1 Å². The van der Waals surface area contributed by atoms with Crippen LogP contribution in [0.25, 0.3) is 5.57 Å². The summed E-state index contributed by atoms with van der Waals surface area (Å²) in [7, 11) is 0.984. The summed E-state index contributed by atoms with van der Waals surface area (Å²) < 4.78 is 46.9. The van der Waals surface area contributed by atoms with Crippen molar-refractivity contribution < 1.29 is 27.5 Å². The van der Waals surface area contributed by atoms with Crippen LogP contribution in [0, 0.1) is 0 Å². The predicted octanol–water partition coefficient (Wildman–Crippen LogP) is 5.16. The van der Waals surface area contributed by atoms with Crippen molar-refractivity contribution in [1.82, 2.24) is 4.98 Å². The molecule has 0 radical (unpaired) electrons. The summed E-state index contributed by atoms with van der Waals surface area (Å²) in [6, 6.07) is 13.9. The molecule has 5 rings (SSSR count). The summed E-state index contributed by atoms with van der Waals surface area (Å²) in [6.07, 6.45) is -2.44. The monoisotopic (exact) mass is 554 g/mol. The van der Waals surface area contributed by atoms with Gasteiger partial charge in [-0.15, -0.1) is 11.3 Å². The Bertz CT molecular complexity index is 1480. The average Bonchev–Trinajstić information content (AvgIpc) is 3.53. The number of amides is 2. The standard InChI is InChI=1S/C28H25F3N4O3S/c1-38-27(28(29,30)31)11-9-21(17-5-3-2-4-6-17)22(15-27)25(37)33-19-7-8-23-18(13-19)10-12-35(23)24(36)14-20-16-39-26(32)34-20/h2-9,11,13,16H,10,12,14-15H2,1H3,(H2,32,34)(H,33,37). The third kappa shape index (κ3) is 5.19. The van der Waals surface area contributed by atoms with E-state index in [0.717, 1.165) is 24.4 Å². The quantitative estimate of drug-likeness (QED) is 0.439. The molecular weight excluding hydrogens is 529 g/mol. The van der Waals surface area contributed by atoms with E-state index >= 15 is 0 Å². The van der Waals surface area contributed by atoms with Gasteiger partial charge in [0.1, 0.15) is 0 Å². The largest absolute Gasteiger partial charge is 0.421 e. The zero-order chi connectivity index (χ0) is 27.8. The third-order valence-corrected chi connectivity index (χ3v) is 7.65. The molecule has 0 spiro atoms. The van der Waals surface area contributed by atoms with E-state index in [1.54, 1.807) is 58.8 Å². The molecule has 1 aliphatic heterocycles. The minimum atomic E-state index is -4.72. The number of ether oxygens (including phenoxy) is 1. The van der Waals surface area contributed by atoms with Gasteiger partial charge in [-0.25, -0.2) is 4.98 Å². The van der Waals surface area contributed by atoms with Crippen molar-refractivity contribution in [2.45, 2.75) is 31.0 Å². The average molecular weight is 555 g/mol. The molecule has 3 aromatic rings. The topological polar surface area (TPSA) is 97.5 Å². The van der Waals surface area contributed by atoms with Crippen molar-refractivity contribution in [1.29, 1.82) is 0 Å². The van der Waals surface area contributed by atoms with Crippen molar-refractivity contribution in [2.75, 3.05) is 29.6 Å². The maximum Gasteiger partial charge on any atom is 0.421 e. The summed E-state index contributed by atoms with van der Waals surface area (Å²) in [6.45, 7) is 0.473. The van der Waals surface area contributed by atoms with Crippen LogP contribution < -0.4 is 16.0 Å². The maximum absolute atomic E-state index is 14.0. The van der Waals surface area contributed by atoms with E-state index in [4.69, 9.17) is 10.5 Å². The van der Waals surface area contributed by atoms with Crippen LogP contribution in [0.3, 0.4) is 0 Å². The summed E-state index contributed by atoms with van der Waals surface area (Å²) in [5.74, 6) is -0.776. The van der Waals surface area contributed by atoms with Crippen LogP contribution in [0.1, 0.15) is 23.2 Å². The lowest BCUT2D eigenvalue weighted by Gasteiger charge is -2.35. The molecular formula is C28H25F3N4O3S. The Hall–Kier alpha value is -3.96. The second kappa shape index (κ2) is 10.3.